The van der Waals surface area contributed by atoms with E-state index in [1.165, 1.54) is 14.2 Å². The molecule has 1 amide bonds. The summed E-state index contributed by atoms with van der Waals surface area (Å²) in [5.41, 5.74) is 2.51. The van der Waals surface area contributed by atoms with Crippen molar-refractivity contribution in [2.24, 2.45) is 0 Å². The minimum atomic E-state index is -1.03. The third-order valence-electron chi connectivity index (χ3n) is 4.43. The van der Waals surface area contributed by atoms with Crippen LogP contribution in [0.1, 0.15) is 33.9 Å². The summed E-state index contributed by atoms with van der Waals surface area (Å²) >= 11 is 0. The van der Waals surface area contributed by atoms with Crippen LogP contribution in [0.2, 0.25) is 0 Å². The van der Waals surface area contributed by atoms with Gasteiger partial charge in [-0.1, -0.05) is 6.07 Å². The lowest BCUT2D eigenvalue weighted by Gasteiger charge is -2.19. The highest BCUT2D eigenvalue weighted by Gasteiger charge is 2.22. The van der Waals surface area contributed by atoms with Crippen LogP contribution in [-0.2, 0) is 4.79 Å². The Bertz CT molecular complexity index is 1030. The van der Waals surface area contributed by atoms with Crippen LogP contribution in [-0.4, -0.2) is 41.4 Å². The molecule has 146 valence electrons. The van der Waals surface area contributed by atoms with Crippen LogP contribution in [0.25, 0.3) is 10.9 Å². The van der Waals surface area contributed by atoms with Gasteiger partial charge in [0.1, 0.15) is 0 Å². The highest BCUT2D eigenvalue weighted by molar-refractivity contribution is 6.06. The molecule has 0 aliphatic heterocycles. The lowest BCUT2D eigenvalue weighted by atomic mass is 10.0. The highest BCUT2D eigenvalue weighted by Crippen LogP contribution is 2.31. The minimum absolute atomic E-state index is 0.279. The zero-order valence-corrected chi connectivity index (χ0v) is 15.8. The third kappa shape index (κ3) is 3.90. The monoisotopic (exact) mass is 383 g/mol. The SMILES string of the molecule is COc1ccc(C(CC(=O)O)NC(=O)c2cc(C)cc3cn[nH]c23)cc1OC. The molecule has 0 aliphatic carbocycles. The lowest BCUT2D eigenvalue weighted by molar-refractivity contribution is -0.137. The maximum atomic E-state index is 12.9. The van der Waals surface area contributed by atoms with Crippen molar-refractivity contribution in [2.45, 2.75) is 19.4 Å². The van der Waals surface area contributed by atoms with Gasteiger partial charge in [-0.05, 0) is 42.3 Å². The average molecular weight is 383 g/mol. The van der Waals surface area contributed by atoms with Crippen molar-refractivity contribution >= 4 is 22.8 Å². The van der Waals surface area contributed by atoms with Crippen LogP contribution in [0.5, 0.6) is 11.5 Å². The lowest BCUT2D eigenvalue weighted by Crippen LogP contribution is -2.30. The first-order valence-electron chi connectivity index (χ1n) is 8.61. The number of aromatic amines is 1. The Morgan fingerprint density at radius 3 is 2.61 bits per heavy atom. The number of carbonyl (C=O) groups is 2. The van der Waals surface area contributed by atoms with Crippen LogP contribution in [0.4, 0.5) is 0 Å². The van der Waals surface area contributed by atoms with Gasteiger partial charge in [-0.2, -0.15) is 5.10 Å². The zero-order chi connectivity index (χ0) is 20.3. The predicted octanol–water partition coefficient (Wildman–Crippen LogP) is 2.83. The van der Waals surface area contributed by atoms with Crippen LogP contribution in [0.3, 0.4) is 0 Å². The Kier molecular flexibility index (Phi) is 5.49. The number of hydrogen-bond acceptors (Lipinski definition) is 5. The first-order chi connectivity index (χ1) is 13.4. The molecule has 1 aromatic heterocycles. The van der Waals surface area contributed by atoms with E-state index in [0.29, 0.717) is 28.1 Å². The van der Waals surface area contributed by atoms with E-state index in [1.807, 2.05) is 13.0 Å². The number of nitrogens with zero attached hydrogens (tertiary/aromatic N) is 1. The summed E-state index contributed by atoms with van der Waals surface area (Å²) in [7, 11) is 3.01. The molecule has 8 heteroatoms. The molecule has 8 nitrogen and oxygen atoms in total. The van der Waals surface area contributed by atoms with E-state index in [-0.39, 0.29) is 12.3 Å². The predicted molar refractivity (Wildman–Crippen MR) is 103 cm³/mol. The van der Waals surface area contributed by atoms with Crippen molar-refractivity contribution in [3.05, 3.63) is 53.2 Å². The minimum Gasteiger partial charge on any atom is -0.493 e. The van der Waals surface area contributed by atoms with Crippen molar-refractivity contribution in [2.75, 3.05) is 14.2 Å². The van der Waals surface area contributed by atoms with Crippen LogP contribution in [0, 0.1) is 6.92 Å². The molecule has 0 saturated heterocycles. The summed E-state index contributed by atoms with van der Waals surface area (Å²) in [6.07, 6.45) is 1.36. The van der Waals surface area contributed by atoms with Gasteiger partial charge in [-0.25, -0.2) is 0 Å². The number of H-pyrrole nitrogens is 1. The number of rotatable bonds is 7. The Hall–Kier alpha value is -3.55. The van der Waals surface area contributed by atoms with Gasteiger partial charge in [0.25, 0.3) is 5.91 Å². The summed E-state index contributed by atoms with van der Waals surface area (Å²) in [5.74, 6) is -0.448. The van der Waals surface area contributed by atoms with Crippen LogP contribution < -0.4 is 14.8 Å². The van der Waals surface area contributed by atoms with E-state index in [9.17, 15) is 14.7 Å². The van der Waals surface area contributed by atoms with E-state index in [1.54, 1.807) is 30.5 Å². The quantitative estimate of drug-likeness (QED) is 0.578. The molecule has 1 heterocycles. The second kappa shape index (κ2) is 7.99. The molecule has 2 aromatic carbocycles. The molecule has 3 aromatic rings. The maximum Gasteiger partial charge on any atom is 0.305 e. The molecular formula is C20H21N3O5. The summed E-state index contributed by atoms with van der Waals surface area (Å²) in [6, 6.07) is 7.95. The van der Waals surface area contributed by atoms with E-state index in [2.05, 4.69) is 15.5 Å². The number of carbonyl (C=O) groups excluding carboxylic acids is 1. The summed E-state index contributed by atoms with van der Waals surface area (Å²) in [6.45, 7) is 1.88. The molecule has 28 heavy (non-hydrogen) atoms. The first-order valence-corrected chi connectivity index (χ1v) is 8.61. The van der Waals surface area contributed by atoms with E-state index in [4.69, 9.17) is 9.47 Å². The van der Waals surface area contributed by atoms with Crippen molar-refractivity contribution in [1.82, 2.24) is 15.5 Å². The van der Waals surface area contributed by atoms with Gasteiger partial charge in [0, 0.05) is 5.39 Å². The maximum absolute atomic E-state index is 12.9. The van der Waals surface area contributed by atoms with Crippen molar-refractivity contribution in [3.8, 4) is 11.5 Å². The number of carboxylic acid groups (broad SMARTS) is 1. The number of methoxy groups -OCH3 is 2. The van der Waals surface area contributed by atoms with Gasteiger partial charge in [0.15, 0.2) is 11.5 Å². The van der Waals surface area contributed by atoms with Crippen LogP contribution in [0.15, 0.2) is 36.5 Å². The number of amides is 1. The number of nitrogens with one attached hydrogen (secondary N) is 2. The molecule has 0 radical (unpaired) electrons. The molecule has 1 atom stereocenters. The van der Waals surface area contributed by atoms with E-state index < -0.39 is 12.0 Å². The van der Waals surface area contributed by atoms with Crippen molar-refractivity contribution in [1.29, 1.82) is 0 Å². The van der Waals surface area contributed by atoms with Gasteiger partial charge in [-0.15, -0.1) is 0 Å². The normalized spacial score (nSPS) is 11.8. The average Bonchev–Trinajstić information content (AvgIpc) is 3.14. The first kappa shape index (κ1) is 19.2. The fourth-order valence-corrected chi connectivity index (χ4v) is 3.12. The number of carboxylic acids is 1. The summed E-state index contributed by atoms with van der Waals surface area (Å²) in [4.78, 5) is 24.3. The topological polar surface area (TPSA) is 114 Å². The fourth-order valence-electron chi connectivity index (χ4n) is 3.12. The second-order valence-corrected chi connectivity index (χ2v) is 6.39. The number of ether oxygens (including phenoxy) is 2. The Labute approximate surface area is 161 Å². The number of hydrogen-bond donors (Lipinski definition) is 3. The molecule has 0 aliphatic rings. The standard InChI is InChI=1S/C20H21N3O5/c1-11-6-13-10-21-23-19(13)14(7-11)20(26)22-15(9-18(24)25)12-4-5-16(27-2)17(8-12)28-3/h4-8,10,15H,9H2,1-3H3,(H,21,23)(H,22,26)(H,24,25). The van der Waals surface area contributed by atoms with Crippen molar-refractivity contribution in [3.63, 3.8) is 0 Å². The third-order valence-corrected chi connectivity index (χ3v) is 4.43. The molecule has 1 unspecified atom stereocenters. The molecule has 0 bridgehead atoms. The molecular weight excluding hydrogens is 362 g/mol. The van der Waals surface area contributed by atoms with Gasteiger partial charge in [-0.3, -0.25) is 14.7 Å². The molecule has 3 N–H and O–H groups in total. The Morgan fingerprint density at radius 1 is 1.18 bits per heavy atom. The van der Waals surface area contributed by atoms with Gasteiger partial charge >= 0.3 is 5.97 Å². The second-order valence-electron chi connectivity index (χ2n) is 6.39. The van der Waals surface area contributed by atoms with Crippen molar-refractivity contribution < 1.29 is 24.2 Å². The van der Waals surface area contributed by atoms with Gasteiger partial charge in [0.05, 0.1) is 44.0 Å². The number of aromatic nitrogens is 2. The largest absolute Gasteiger partial charge is 0.493 e. The molecule has 0 spiro atoms. The number of aliphatic carboxylic acids is 1. The summed E-state index contributed by atoms with van der Waals surface area (Å²) in [5, 5.41) is 19.7. The number of aryl methyl sites for hydroxylation is 1. The van der Waals surface area contributed by atoms with Crippen LogP contribution >= 0.6 is 0 Å². The Morgan fingerprint density at radius 2 is 1.93 bits per heavy atom. The summed E-state index contributed by atoms with van der Waals surface area (Å²) < 4.78 is 10.5. The molecule has 3 rings (SSSR count). The molecule has 0 saturated carbocycles. The zero-order valence-electron chi connectivity index (χ0n) is 15.8. The van der Waals surface area contributed by atoms with E-state index in [0.717, 1.165) is 10.9 Å². The van der Waals surface area contributed by atoms with Gasteiger partial charge in [0.2, 0.25) is 0 Å². The Balaban J connectivity index is 1.95. The smallest absolute Gasteiger partial charge is 0.305 e. The molecule has 0 fully saturated rings. The highest BCUT2D eigenvalue weighted by atomic mass is 16.5. The number of benzene rings is 2. The fraction of sp³-hybridized carbons (Fsp3) is 0.250. The number of fused-ring (bicyclic) bond motifs is 1. The van der Waals surface area contributed by atoms with E-state index >= 15 is 0 Å². The van der Waals surface area contributed by atoms with Gasteiger partial charge < -0.3 is 19.9 Å².